The molecule has 2 nitrogen and oxygen atoms in total. The molecular weight excluding hydrogens is 395 g/mol. The Hall–Kier alpha value is -2.05. The molecule has 2 unspecified atom stereocenters. The first-order chi connectivity index (χ1) is 11.9. The van der Waals surface area contributed by atoms with Crippen LogP contribution in [0.1, 0.15) is 17.2 Å². The first-order valence-corrected chi connectivity index (χ1v) is 8.51. The van der Waals surface area contributed by atoms with Crippen LogP contribution in [0.25, 0.3) is 10.8 Å². The lowest BCUT2D eigenvalue weighted by atomic mass is 9.90. The van der Waals surface area contributed by atoms with Gasteiger partial charge in [0.05, 0.1) is 6.04 Å². The molecule has 0 spiro atoms. The minimum Gasteiger partial charge on any atom is -0.484 e. The highest BCUT2D eigenvalue weighted by atomic mass is 79.9. The first kappa shape index (κ1) is 16.4. The molecule has 0 bridgehead atoms. The Balaban J connectivity index is 1.81. The van der Waals surface area contributed by atoms with Crippen molar-refractivity contribution < 1.29 is 17.9 Å². The van der Waals surface area contributed by atoms with Gasteiger partial charge in [-0.2, -0.15) is 0 Å². The summed E-state index contributed by atoms with van der Waals surface area (Å²) < 4.78 is 47.7. The normalized spacial score (nSPS) is 19.6. The van der Waals surface area contributed by atoms with Crippen LogP contribution in [0.4, 0.5) is 13.2 Å². The summed E-state index contributed by atoms with van der Waals surface area (Å²) >= 11 is 3.45. The standard InChI is InChI=1S/C19H13BrF3NO/c20-10-3-1-9-2-4-18-12(11(9)5-10)7-17(24)19(25-18)13-6-15(22)16(23)8-14(13)21/h1-6,8,17,19H,7,24H2. The predicted octanol–water partition coefficient (Wildman–Crippen LogP) is 5.02. The molecule has 1 aliphatic heterocycles. The fourth-order valence-electron chi connectivity index (χ4n) is 3.27. The van der Waals surface area contributed by atoms with Gasteiger partial charge in [0.2, 0.25) is 0 Å². The average Bonchev–Trinajstić information content (AvgIpc) is 2.58. The van der Waals surface area contributed by atoms with Crippen LogP contribution in [0.3, 0.4) is 0 Å². The summed E-state index contributed by atoms with van der Waals surface area (Å²) in [7, 11) is 0. The van der Waals surface area contributed by atoms with E-state index in [0.717, 1.165) is 26.9 Å². The summed E-state index contributed by atoms with van der Waals surface area (Å²) in [5.74, 6) is -2.66. The SMILES string of the molecule is NC1Cc2c(ccc3ccc(Br)cc23)OC1c1cc(F)c(F)cc1F. The lowest BCUT2D eigenvalue weighted by Gasteiger charge is -2.32. The van der Waals surface area contributed by atoms with Crippen LogP contribution in [-0.4, -0.2) is 6.04 Å². The molecule has 1 aliphatic rings. The van der Waals surface area contributed by atoms with E-state index in [-0.39, 0.29) is 5.56 Å². The van der Waals surface area contributed by atoms with Crippen molar-refractivity contribution in [3.63, 3.8) is 0 Å². The molecule has 4 rings (SSSR count). The van der Waals surface area contributed by atoms with Gasteiger partial charge >= 0.3 is 0 Å². The van der Waals surface area contributed by atoms with Crippen molar-refractivity contribution in [2.75, 3.05) is 0 Å². The molecule has 0 aromatic heterocycles. The second-order valence-electron chi connectivity index (χ2n) is 6.10. The number of nitrogens with two attached hydrogens (primary N) is 1. The third kappa shape index (κ3) is 2.79. The molecule has 3 aromatic rings. The van der Waals surface area contributed by atoms with E-state index in [9.17, 15) is 13.2 Å². The van der Waals surface area contributed by atoms with Crippen LogP contribution in [0.2, 0.25) is 0 Å². The summed E-state index contributed by atoms with van der Waals surface area (Å²) in [4.78, 5) is 0. The number of fused-ring (bicyclic) bond motifs is 3. The molecular formula is C19H13BrF3NO. The van der Waals surface area contributed by atoms with E-state index in [0.29, 0.717) is 18.2 Å². The molecule has 3 aromatic carbocycles. The summed E-state index contributed by atoms with van der Waals surface area (Å²) in [6.45, 7) is 0. The molecule has 2 atom stereocenters. The zero-order chi connectivity index (χ0) is 17.7. The van der Waals surface area contributed by atoms with Crippen molar-refractivity contribution in [2.45, 2.75) is 18.6 Å². The number of ether oxygens (including phenoxy) is 1. The average molecular weight is 408 g/mol. The Kier molecular flexibility index (Phi) is 3.96. The molecule has 0 fully saturated rings. The van der Waals surface area contributed by atoms with Crippen LogP contribution >= 0.6 is 15.9 Å². The topological polar surface area (TPSA) is 35.2 Å². The minimum atomic E-state index is -1.23. The van der Waals surface area contributed by atoms with Gasteiger partial charge in [-0.15, -0.1) is 0 Å². The van der Waals surface area contributed by atoms with Crippen LogP contribution < -0.4 is 10.5 Å². The van der Waals surface area contributed by atoms with E-state index in [4.69, 9.17) is 10.5 Å². The Morgan fingerprint density at radius 1 is 0.960 bits per heavy atom. The van der Waals surface area contributed by atoms with Gasteiger partial charge in [0.25, 0.3) is 0 Å². The van der Waals surface area contributed by atoms with E-state index in [1.165, 1.54) is 0 Å². The maximum atomic E-state index is 14.1. The molecule has 6 heteroatoms. The lowest BCUT2D eigenvalue weighted by molar-refractivity contribution is 0.149. The van der Waals surface area contributed by atoms with E-state index in [1.807, 2.05) is 24.3 Å². The van der Waals surface area contributed by atoms with Crippen molar-refractivity contribution in [3.05, 3.63) is 75.5 Å². The third-order valence-electron chi connectivity index (χ3n) is 4.48. The van der Waals surface area contributed by atoms with Crippen LogP contribution in [0, 0.1) is 17.5 Å². The molecule has 0 saturated heterocycles. The summed E-state index contributed by atoms with van der Waals surface area (Å²) in [5.41, 5.74) is 7.04. The fraction of sp³-hybridized carbons (Fsp3) is 0.158. The highest BCUT2D eigenvalue weighted by Crippen LogP contribution is 2.39. The summed E-state index contributed by atoms with van der Waals surface area (Å²) in [6.07, 6.45) is -0.445. The van der Waals surface area contributed by atoms with Gasteiger partial charge in [-0.25, -0.2) is 13.2 Å². The van der Waals surface area contributed by atoms with Gasteiger partial charge in [-0.05, 0) is 41.5 Å². The molecule has 0 amide bonds. The molecule has 25 heavy (non-hydrogen) atoms. The molecule has 1 heterocycles. The van der Waals surface area contributed by atoms with Gasteiger partial charge in [0.1, 0.15) is 17.7 Å². The van der Waals surface area contributed by atoms with Gasteiger partial charge in [-0.1, -0.05) is 28.1 Å². The van der Waals surface area contributed by atoms with E-state index < -0.39 is 29.6 Å². The zero-order valence-electron chi connectivity index (χ0n) is 12.9. The Morgan fingerprint density at radius 2 is 1.68 bits per heavy atom. The highest BCUT2D eigenvalue weighted by molar-refractivity contribution is 9.10. The van der Waals surface area contributed by atoms with Gasteiger partial charge in [-0.3, -0.25) is 0 Å². The van der Waals surface area contributed by atoms with Crippen LogP contribution in [0.5, 0.6) is 5.75 Å². The summed E-state index contributed by atoms with van der Waals surface area (Å²) in [5, 5.41) is 2.03. The van der Waals surface area contributed by atoms with Crippen molar-refractivity contribution in [3.8, 4) is 5.75 Å². The molecule has 0 aliphatic carbocycles. The van der Waals surface area contributed by atoms with Crippen molar-refractivity contribution in [1.29, 1.82) is 0 Å². The number of benzene rings is 3. The summed E-state index contributed by atoms with van der Waals surface area (Å²) in [6, 6.07) is 10.3. The maximum Gasteiger partial charge on any atom is 0.161 e. The number of rotatable bonds is 1. The second-order valence-corrected chi connectivity index (χ2v) is 7.02. The molecule has 0 radical (unpaired) electrons. The van der Waals surface area contributed by atoms with Gasteiger partial charge in [0.15, 0.2) is 11.6 Å². The van der Waals surface area contributed by atoms with Crippen LogP contribution in [-0.2, 0) is 6.42 Å². The monoisotopic (exact) mass is 407 g/mol. The van der Waals surface area contributed by atoms with Crippen molar-refractivity contribution >= 4 is 26.7 Å². The smallest absolute Gasteiger partial charge is 0.161 e. The predicted molar refractivity (Wildman–Crippen MR) is 93.0 cm³/mol. The quantitative estimate of drug-likeness (QED) is 0.574. The van der Waals surface area contributed by atoms with E-state index in [2.05, 4.69) is 15.9 Å². The number of halogens is 4. The van der Waals surface area contributed by atoms with Gasteiger partial charge < -0.3 is 10.5 Å². The zero-order valence-corrected chi connectivity index (χ0v) is 14.5. The van der Waals surface area contributed by atoms with Crippen molar-refractivity contribution in [2.24, 2.45) is 5.73 Å². The molecule has 128 valence electrons. The van der Waals surface area contributed by atoms with Crippen molar-refractivity contribution in [1.82, 2.24) is 0 Å². The number of hydrogen-bond donors (Lipinski definition) is 1. The molecule has 0 saturated carbocycles. The van der Waals surface area contributed by atoms with Gasteiger partial charge in [0, 0.05) is 21.7 Å². The fourth-order valence-corrected chi connectivity index (χ4v) is 3.63. The van der Waals surface area contributed by atoms with Crippen LogP contribution in [0.15, 0.2) is 46.9 Å². The van der Waals surface area contributed by atoms with E-state index >= 15 is 0 Å². The maximum absolute atomic E-state index is 14.1. The largest absolute Gasteiger partial charge is 0.484 e. The Bertz CT molecular complexity index is 992. The minimum absolute atomic E-state index is 0.0774. The Labute approximate surface area is 150 Å². The second kappa shape index (κ2) is 6.04. The lowest BCUT2D eigenvalue weighted by Crippen LogP contribution is -2.38. The highest BCUT2D eigenvalue weighted by Gasteiger charge is 2.32. The van der Waals surface area contributed by atoms with E-state index in [1.54, 1.807) is 6.07 Å². The molecule has 2 N–H and O–H groups in total. The number of hydrogen-bond acceptors (Lipinski definition) is 2. The third-order valence-corrected chi connectivity index (χ3v) is 4.97. The Morgan fingerprint density at radius 3 is 2.48 bits per heavy atom. The first-order valence-electron chi connectivity index (χ1n) is 7.72.